The quantitative estimate of drug-likeness (QED) is 0.837. The van der Waals surface area contributed by atoms with E-state index in [-0.39, 0.29) is 11.9 Å². The van der Waals surface area contributed by atoms with Gasteiger partial charge >= 0.3 is 6.09 Å². The van der Waals surface area contributed by atoms with Crippen LogP contribution in [0.25, 0.3) is 0 Å². The fourth-order valence-electron chi connectivity index (χ4n) is 2.12. The number of ether oxygens (including phenoxy) is 1. The van der Waals surface area contributed by atoms with Gasteiger partial charge in [0.1, 0.15) is 11.4 Å². The van der Waals surface area contributed by atoms with Crippen molar-refractivity contribution in [1.82, 2.24) is 10.6 Å². The first-order valence-corrected chi connectivity index (χ1v) is 8.04. The topological polar surface area (TPSA) is 50.4 Å². The normalized spacial score (nSPS) is 13.0. The van der Waals surface area contributed by atoms with Crippen molar-refractivity contribution in [3.63, 3.8) is 0 Å². The molecule has 0 heterocycles. The molecule has 0 saturated carbocycles. The van der Waals surface area contributed by atoms with Gasteiger partial charge in [0.25, 0.3) is 0 Å². The van der Waals surface area contributed by atoms with E-state index in [4.69, 9.17) is 4.74 Å². The van der Waals surface area contributed by atoms with Gasteiger partial charge in [-0.25, -0.2) is 9.18 Å². The maximum Gasteiger partial charge on any atom is 0.407 e. The first-order valence-electron chi connectivity index (χ1n) is 8.04. The van der Waals surface area contributed by atoms with Gasteiger partial charge in [-0.05, 0) is 50.8 Å². The summed E-state index contributed by atoms with van der Waals surface area (Å²) in [6, 6.07) is 5.19. The molecule has 1 aromatic rings. The molecule has 0 aliphatic rings. The number of aryl methyl sites for hydroxylation is 1. The predicted octanol–water partition coefficient (Wildman–Crippen LogP) is 3.77. The highest BCUT2D eigenvalue weighted by Gasteiger charge is 2.18. The molecule has 5 heteroatoms. The molecular formula is C18H29FN2O2. The summed E-state index contributed by atoms with van der Waals surface area (Å²) >= 11 is 0. The largest absolute Gasteiger partial charge is 0.444 e. The summed E-state index contributed by atoms with van der Waals surface area (Å²) < 4.78 is 18.5. The van der Waals surface area contributed by atoms with Crippen LogP contribution in [0.4, 0.5) is 9.18 Å². The molecule has 130 valence electrons. The summed E-state index contributed by atoms with van der Waals surface area (Å²) in [4.78, 5) is 11.7. The van der Waals surface area contributed by atoms with E-state index in [1.165, 1.54) is 6.07 Å². The average molecular weight is 324 g/mol. The molecule has 0 fully saturated rings. The van der Waals surface area contributed by atoms with Gasteiger partial charge in [0.15, 0.2) is 0 Å². The molecule has 4 nitrogen and oxygen atoms in total. The summed E-state index contributed by atoms with van der Waals surface area (Å²) in [6.45, 7) is 12.5. The minimum Gasteiger partial charge on any atom is -0.444 e. The second kappa shape index (κ2) is 8.29. The van der Waals surface area contributed by atoms with Crippen LogP contribution in [-0.4, -0.2) is 24.3 Å². The summed E-state index contributed by atoms with van der Waals surface area (Å²) in [5.41, 5.74) is 1.15. The van der Waals surface area contributed by atoms with Gasteiger partial charge in [0.2, 0.25) is 0 Å². The molecule has 0 radical (unpaired) electrons. The van der Waals surface area contributed by atoms with Gasteiger partial charge in [0.05, 0.1) is 0 Å². The third kappa shape index (κ3) is 7.46. The molecule has 1 amide bonds. The van der Waals surface area contributed by atoms with E-state index in [0.29, 0.717) is 24.6 Å². The van der Waals surface area contributed by atoms with Gasteiger partial charge in [0, 0.05) is 19.1 Å². The second-order valence-corrected chi connectivity index (χ2v) is 7.20. The van der Waals surface area contributed by atoms with Crippen LogP contribution in [0.3, 0.4) is 0 Å². The lowest BCUT2D eigenvalue weighted by Gasteiger charge is -2.25. The zero-order valence-electron chi connectivity index (χ0n) is 15.0. The van der Waals surface area contributed by atoms with Gasteiger partial charge in [-0.3, -0.25) is 0 Å². The number of rotatable bonds is 6. The zero-order valence-corrected chi connectivity index (χ0v) is 15.0. The molecule has 2 N–H and O–H groups in total. The van der Waals surface area contributed by atoms with E-state index in [0.717, 1.165) is 5.56 Å². The third-order valence-corrected chi connectivity index (χ3v) is 3.46. The van der Waals surface area contributed by atoms with Crippen LogP contribution in [0.15, 0.2) is 18.2 Å². The van der Waals surface area contributed by atoms with E-state index >= 15 is 0 Å². The number of halogens is 1. The van der Waals surface area contributed by atoms with Crippen LogP contribution in [0, 0.1) is 18.7 Å². The Bertz CT molecular complexity index is 524. The summed E-state index contributed by atoms with van der Waals surface area (Å²) in [6.07, 6.45) is -0.414. The minimum atomic E-state index is -0.503. The van der Waals surface area contributed by atoms with Crippen molar-refractivity contribution in [2.24, 2.45) is 5.92 Å². The van der Waals surface area contributed by atoms with Gasteiger partial charge < -0.3 is 15.4 Å². The summed E-state index contributed by atoms with van der Waals surface area (Å²) in [5.74, 6) is 0.146. The van der Waals surface area contributed by atoms with Gasteiger partial charge in [-0.2, -0.15) is 0 Å². The maximum atomic E-state index is 13.3. The number of benzene rings is 1. The van der Waals surface area contributed by atoms with Crippen LogP contribution in [0.5, 0.6) is 0 Å². The van der Waals surface area contributed by atoms with Crippen molar-refractivity contribution in [2.45, 2.75) is 59.7 Å². The van der Waals surface area contributed by atoms with E-state index in [2.05, 4.69) is 24.5 Å². The Kier molecular flexibility index (Phi) is 7.01. The number of amides is 1. The molecule has 0 aliphatic heterocycles. The molecule has 0 spiro atoms. The molecule has 0 saturated heterocycles. The second-order valence-electron chi connectivity index (χ2n) is 7.20. The molecule has 1 atom stereocenters. The number of carbonyl (C=O) groups is 1. The molecule has 1 rings (SSSR count). The summed E-state index contributed by atoms with van der Waals surface area (Å²) in [5, 5.41) is 6.20. The number of nitrogens with one attached hydrogen (secondary N) is 2. The Morgan fingerprint density at radius 1 is 1.30 bits per heavy atom. The monoisotopic (exact) mass is 324 g/mol. The van der Waals surface area contributed by atoms with Gasteiger partial charge in [-0.15, -0.1) is 0 Å². The minimum absolute atomic E-state index is 0.105. The first-order chi connectivity index (χ1) is 10.6. The Hall–Kier alpha value is -1.62. The zero-order chi connectivity index (χ0) is 17.6. The lowest BCUT2D eigenvalue weighted by atomic mass is 10.0. The van der Waals surface area contributed by atoms with Crippen molar-refractivity contribution < 1.29 is 13.9 Å². The molecule has 0 aromatic heterocycles. The molecule has 23 heavy (non-hydrogen) atoms. The van der Waals surface area contributed by atoms with Crippen molar-refractivity contribution in [3.05, 3.63) is 35.1 Å². The fourth-order valence-corrected chi connectivity index (χ4v) is 2.12. The van der Waals surface area contributed by atoms with Crippen LogP contribution in [0.2, 0.25) is 0 Å². The number of alkyl carbamates (subject to hydrolysis) is 1. The third-order valence-electron chi connectivity index (χ3n) is 3.46. The molecule has 1 unspecified atom stereocenters. The van der Waals surface area contributed by atoms with E-state index in [9.17, 15) is 9.18 Å². The van der Waals surface area contributed by atoms with E-state index in [1.54, 1.807) is 13.0 Å². The summed E-state index contributed by atoms with van der Waals surface area (Å²) in [7, 11) is 0. The van der Waals surface area contributed by atoms with Crippen LogP contribution in [-0.2, 0) is 11.3 Å². The number of hydrogen-bond acceptors (Lipinski definition) is 3. The van der Waals surface area contributed by atoms with E-state index in [1.807, 2.05) is 26.8 Å². The average Bonchev–Trinajstić information content (AvgIpc) is 2.40. The molecule has 1 aromatic carbocycles. The maximum absolute atomic E-state index is 13.3. The SMILES string of the molecule is Cc1cc(CNC(CNC(=O)OC(C)(C)C)C(C)C)ccc1F. The Balaban J connectivity index is 2.52. The van der Waals surface area contributed by atoms with Crippen molar-refractivity contribution >= 4 is 6.09 Å². The van der Waals surface area contributed by atoms with Crippen LogP contribution < -0.4 is 10.6 Å². The molecule has 0 aliphatic carbocycles. The van der Waals surface area contributed by atoms with Gasteiger partial charge in [-0.1, -0.05) is 26.0 Å². The fraction of sp³-hybridized carbons (Fsp3) is 0.611. The smallest absolute Gasteiger partial charge is 0.407 e. The van der Waals surface area contributed by atoms with E-state index < -0.39 is 11.7 Å². The molecular weight excluding hydrogens is 295 g/mol. The Labute approximate surface area is 138 Å². The Morgan fingerprint density at radius 2 is 1.96 bits per heavy atom. The highest BCUT2D eigenvalue weighted by atomic mass is 19.1. The Morgan fingerprint density at radius 3 is 2.48 bits per heavy atom. The van der Waals surface area contributed by atoms with Crippen LogP contribution in [0.1, 0.15) is 45.7 Å². The highest BCUT2D eigenvalue weighted by molar-refractivity contribution is 5.67. The number of carbonyl (C=O) groups excluding carboxylic acids is 1. The van der Waals surface area contributed by atoms with Crippen molar-refractivity contribution in [2.75, 3.05) is 6.54 Å². The predicted molar refractivity (Wildman–Crippen MR) is 90.8 cm³/mol. The standard InChI is InChI=1S/C18H29FN2O2/c1-12(2)16(11-21-17(22)23-18(4,5)6)20-10-14-7-8-15(19)13(3)9-14/h7-9,12,16,20H,10-11H2,1-6H3,(H,21,22). The number of hydrogen-bond donors (Lipinski definition) is 2. The first kappa shape index (κ1) is 19.4. The molecule has 0 bridgehead atoms. The van der Waals surface area contributed by atoms with Crippen molar-refractivity contribution in [1.29, 1.82) is 0 Å². The highest BCUT2D eigenvalue weighted by Crippen LogP contribution is 2.11. The van der Waals surface area contributed by atoms with Crippen LogP contribution >= 0.6 is 0 Å². The lowest BCUT2D eigenvalue weighted by molar-refractivity contribution is 0.0519. The van der Waals surface area contributed by atoms with Crippen molar-refractivity contribution in [3.8, 4) is 0 Å². The lowest BCUT2D eigenvalue weighted by Crippen LogP contribution is -2.45.